The average Bonchev–Trinajstić information content (AvgIpc) is 2.81. The third-order valence-corrected chi connectivity index (χ3v) is 3.29. The number of carbonyl (C=O) groups is 1. The molecule has 0 aromatic carbocycles. The van der Waals surface area contributed by atoms with E-state index in [2.05, 4.69) is 26.2 Å². The number of nitrogens with one attached hydrogen (secondary N) is 2. The van der Waals surface area contributed by atoms with Gasteiger partial charge >= 0.3 is 0 Å². The monoisotopic (exact) mass is 316 g/mol. The number of aromatic nitrogens is 4. The van der Waals surface area contributed by atoms with Gasteiger partial charge in [0.15, 0.2) is 0 Å². The quantitative estimate of drug-likeness (QED) is 0.486. The first-order valence-corrected chi connectivity index (χ1v) is 7.80. The van der Waals surface area contributed by atoms with Crippen molar-refractivity contribution in [2.45, 2.75) is 38.0 Å². The maximum atomic E-state index is 11.8. The minimum absolute atomic E-state index is 0.0275. The zero-order valence-corrected chi connectivity index (χ0v) is 13.9. The second-order valence-electron chi connectivity index (χ2n) is 5.51. The molecule has 0 bridgehead atoms. The van der Waals surface area contributed by atoms with Crippen LogP contribution < -0.4 is 10.6 Å². The second-order valence-corrected chi connectivity index (χ2v) is 6.46. The summed E-state index contributed by atoms with van der Waals surface area (Å²) in [6.45, 7) is 8.71. The molecule has 0 saturated carbocycles. The number of tetrazole rings is 1. The molecule has 1 aromatic rings. The van der Waals surface area contributed by atoms with Gasteiger partial charge in [0.2, 0.25) is 11.1 Å². The molecule has 0 radical (unpaired) electrons. The Morgan fingerprint density at radius 2 is 2.14 bits per heavy atom. The number of methoxy groups -OCH3 is 1. The van der Waals surface area contributed by atoms with Crippen LogP contribution >= 0.6 is 11.8 Å². The highest BCUT2D eigenvalue weighted by Crippen LogP contribution is 2.13. The summed E-state index contributed by atoms with van der Waals surface area (Å²) in [6.07, 6.45) is 0. The summed E-state index contributed by atoms with van der Waals surface area (Å²) in [5.74, 6) is 0.273. The van der Waals surface area contributed by atoms with Gasteiger partial charge in [-0.2, -0.15) is 0 Å². The van der Waals surface area contributed by atoms with Crippen molar-refractivity contribution >= 4 is 17.7 Å². The van der Waals surface area contributed by atoms with Crippen molar-refractivity contribution < 1.29 is 9.53 Å². The minimum atomic E-state index is -0.227. The van der Waals surface area contributed by atoms with Crippen LogP contribution in [0.4, 0.5) is 0 Å². The molecule has 0 atom stereocenters. The van der Waals surface area contributed by atoms with E-state index < -0.39 is 0 Å². The Labute approximate surface area is 129 Å². The summed E-state index contributed by atoms with van der Waals surface area (Å²) >= 11 is 1.33. The van der Waals surface area contributed by atoms with Gasteiger partial charge in [-0.1, -0.05) is 11.8 Å². The maximum Gasteiger partial charge on any atom is 0.230 e. The zero-order chi connectivity index (χ0) is 15.7. The highest BCUT2D eigenvalue weighted by molar-refractivity contribution is 7.99. The zero-order valence-electron chi connectivity index (χ0n) is 13.0. The number of nitrogens with zero attached hydrogens (tertiary/aromatic N) is 4. The highest BCUT2D eigenvalue weighted by atomic mass is 32.2. The van der Waals surface area contributed by atoms with E-state index in [9.17, 15) is 4.79 Å². The third-order valence-electron chi connectivity index (χ3n) is 2.33. The van der Waals surface area contributed by atoms with Gasteiger partial charge < -0.3 is 15.4 Å². The summed E-state index contributed by atoms with van der Waals surface area (Å²) in [5.41, 5.74) is -0.227. The van der Waals surface area contributed by atoms with Crippen LogP contribution in [0, 0.1) is 0 Å². The lowest BCUT2D eigenvalue weighted by Crippen LogP contribution is -2.41. The van der Waals surface area contributed by atoms with E-state index in [1.165, 1.54) is 11.8 Å². The summed E-state index contributed by atoms with van der Waals surface area (Å²) in [5, 5.41) is 18.3. The Morgan fingerprint density at radius 1 is 1.38 bits per heavy atom. The number of ether oxygens (including phenoxy) is 1. The fourth-order valence-electron chi connectivity index (χ4n) is 1.51. The smallest absolute Gasteiger partial charge is 0.230 e. The average molecular weight is 316 g/mol. The van der Waals surface area contributed by atoms with E-state index in [-0.39, 0.29) is 11.4 Å². The largest absolute Gasteiger partial charge is 0.383 e. The van der Waals surface area contributed by atoms with Gasteiger partial charge in [-0.15, -0.1) is 5.10 Å². The molecular weight excluding hydrogens is 292 g/mol. The molecule has 9 heteroatoms. The fourth-order valence-corrected chi connectivity index (χ4v) is 2.21. The second kappa shape index (κ2) is 8.96. The van der Waals surface area contributed by atoms with E-state index in [1.807, 2.05) is 20.8 Å². The molecule has 0 aliphatic heterocycles. The maximum absolute atomic E-state index is 11.8. The Hall–Kier alpha value is -1.19. The van der Waals surface area contributed by atoms with E-state index in [4.69, 9.17) is 4.74 Å². The fraction of sp³-hybridized carbons (Fsp3) is 0.833. The first-order valence-electron chi connectivity index (χ1n) is 6.82. The van der Waals surface area contributed by atoms with Crippen molar-refractivity contribution in [3.63, 3.8) is 0 Å². The van der Waals surface area contributed by atoms with E-state index in [0.717, 1.165) is 13.1 Å². The van der Waals surface area contributed by atoms with Crippen LogP contribution in [0.15, 0.2) is 5.16 Å². The number of amides is 1. The van der Waals surface area contributed by atoms with Gasteiger partial charge in [0.25, 0.3) is 0 Å². The molecule has 21 heavy (non-hydrogen) atoms. The van der Waals surface area contributed by atoms with Gasteiger partial charge in [0, 0.05) is 25.7 Å². The van der Waals surface area contributed by atoms with Crippen LogP contribution in [0.25, 0.3) is 0 Å². The van der Waals surface area contributed by atoms with Crippen molar-refractivity contribution in [1.29, 1.82) is 0 Å². The first kappa shape index (κ1) is 17.9. The molecule has 1 rings (SSSR count). The van der Waals surface area contributed by atoms with Crippen LogP contribution in [0.3, 0.4) is 0 Å². The number of rotatable bonds is 9. The SMILES string of the molecule is COCCNCCn1nnnc1SCC(=O)NC(C)(C)C. The molecule has 8 nitrogen and oxygen atoms in total. The molecule has 1 amide bonds. The standard InChI is InChI=1S/C12H24N6O2S/c1-12(2,3)14-10(19)9-21-11-15-16-17-18(11)7-5-13-6-8-20-4/h13H,5-9H2,1-4H3,(H,14,19). The minimum Gasteiger partial charge on any atom is -0.383 e. The van der Waals surface area contributed by atoms with Crippen molar-refractivity contribution in [1.82, 2.24) is 30.8 Å². The van der Waals surface area contributed by atoms with Crippen LogP contribution in [-0.4, -0.2) is 64.2 Å². The lowest BCUT2D eigenvalue weighted by atomic mass is 10.1. The first-order chi connectivity index (χ1) is 9.92. The van der Waals surface area contributed by atoms with E-state index in [0.29, 0.717) is 24.1 Å². The van der Waals surface area contributed by atoms with Crippen LogP contribution in [0.5, 0.6) is 0 Å². The van der Waals surface area contributed by atoms with Gasteiger partial charge in [0.05, 0.1) is 18.9 Å². The molecular formula is C12H24N6O2S. The Balaban J connectivity index is 2.33. The van der Waals surface area contributed by atoms with Crippen molar-refractivity contribution in [3.05, 3.63) is 0 Å². The molecule has 0 spiro atoms. The van der Waals surface area contributed by atoms with Crippen molar-refractivity contribution in [3.8, 4) is 0 Å². The Bertz CT molecular complexity index is 432. The van der Waals surface area contributed by atoms with Gasteiger partial charge in [-0.05, 0) is 31.2 Å². The Kier molecular flexibility index (Phi) is 7.62. The van der Waals surface area contributed by atoms with E-state index >= 15 is 0 Å². The van der Waals surface area contributed by atoms with E-state index in [1.54, 1.807) is 11.8 Å². The van der Waals surface area contributed by atoms with Gasteiger partial charge in [-0.25, -0.2) is 4.68 Å². The molecule has 0 aliphatic carbocycles. The number of carbonyl (C=O) groups excluding carboxylic acids is 1. The molecule has 0 saturated heterocycles. The topological polar surface area (TPSA) is 94.0 Å². The molecule has 120 valence electrons. The predicted molar refractivity (Wildman–Crippen MR) is 81.2 cm³/mol. The molecule has 0 fully saturated rings. The lowest BCUT2D eigenvalue weighted by molar-refractivity contribution is -0.119. The predicted octanol–water partition coefficient (Wildman–Crippen LogP) is -0.0841. The highest BCUT2D eigenvalue weighted by Gasteiger charge is 2.15. The molecule has 1 aromatic heterocycles. The molecule has 2 N–H and O–H groups in total. The molecule has 0 unspecified atom stereocenters. The Morgan fingerprint density at radius 3 is 2.81 bits per heavy atom. The number of hydrogen-bond acceptors (Lipinski definition) is 7. The van der Waals surface area contributed by atoms with Crippen molar-refractivity contribution in [2.24, 2.45) is 0 Å². The summed E-state index contributed by atoms with van der Waals surface area (Å²) in [7, 11) is 1.67. The van der Waals surface area contributed by atoms with Gasteiger partial charge in [0.1, 0.15) is 0 Å². The molecule has 1 heterocycles. The normalized spacial score (nSPS) is 11.6. The summed E-state index contributed by atoms with van der Waals surface area (Å²) in [6, 6.07) is 0. The van der Waals surface area contributed by atoms with Gasteiger partial charge in [-0.3, -0.25) is 4.79 Å². The van der Waals surface area contributed by atoms with Crippen LogP contribution in [-0.2, 0) is 16.1 Å². The van der Waals surface area contributed by atoms with Crippen molar-refractivity contribution in [2.75, 3.05) is 32.6 Å². The number of thioether (sulfide) groups is 1. The van der Waals surface area contributed by atoms with Crippen LogP contribution in [0.1, 0.15) is 20.8 Å². The summed E-state index contributed by atoms with van der Waals surface area (Å²) in [4.78, 5) is 11.8. The van der Waals surface area contributed by atoms with Crippen LogP contribution in [0.2, 0.25) is 0 Å². The number of hydrogen-bond donors (Lipinski definition) is 2. The lowest BCUT2D eigenvalue weighted by Gasteiger charge is -2.20. The summed E-state index contributed by atoms with van der Waals surface area (Å²) < 4.78 is 6.64. The molecule has 0 aliphatic rings. The third kappa shape index (κ3) is 7.98.